The SMILES string of the molecule is CC(C)CN1CCN(CC(=O)NCc2ccccn2)[C@H](C)C1=O. The van der Waals surface area contributed by atoms with Gasteiger partial charge < -0.3 is 10.2 Å². The van der Waals surface area contributed by atoms with E-state index in [-0.39, 0.29) is 24.4 Å². The van der Waals surface area contributed by atoms with E-state index in [0.717, 1.165) is 18.8 Å². The van der Waals surface area contributed by atoms with Gasteiger partial charge in [0.2, 0.25) is 11.8 Å². The highest BCUT2D eigenvalue weighted by molar-refractivity contribution is 5.84. The molecule has 126 valence electrons. The summed E-state index contributed by atoms with van der Waals surface area (Å²) < 4.78 is 0. The average molecular weight is 318 g/mol. The van der Waals surface area contributed by atoms with Crippen LogP contribution >= 0.6 is 0 Å². The molecule has 0 aliphatic carbocycles. The van der Waals surface area contributed by atoms with E-state index in [1.165, 1.54) is 0 Å². The maximum absolute atomic E-state index is 12.4. The lowest BCUT2D eigenvalue weighted by molar-refractivity contribution is -0.142. The number of hydrogen-bond donors (Lipinski definition) is 1. The molecule has 6 nitrogen and oxygen atoms in total. The summed E-state index contributed by atoms with van der Waals surface area (Å²) in [6.45, 7) is 8.95. The summed E-state index contributed by atoms with van der Waals surface area (Å²) in [4.78, 5) is 32.5. The zero-order valence-corrected chi connectivity index (χ0v) is 14.2. The summed E-state index contributed by atoms with van der Waals surface area (Å²) in [5.41, 5.74) is 0.826. The van der Waals surface area contributed by atoms with Gasteiger partial charge in [-0.15, -0.1) is 0 Å². The second-order valence-electron chi connectivity index (χ2n) is 6.42. The molecular weight excluding hydrogens is 292 g/mol. The topological polar surface area (TPSA) is 65.5 Å². The van der Waals surface area contributed by atoms with E-state index in [9.17, 15) is 9.59 Å². The molecule has 1 atom stereocenters. The smallest absolute Gasteiger partial charge is 0.239 e. The Kier molecular flexibility index (Phi) is 6.10. The molecule has 1 fully saturated rings. The monoisotopic (exact) mass is 318 g/mol. The van der Waals surface area contributed by atoms with Crippen LogP contribution in [0.4, 0.5) is 0 Å². The van der Waals surface area contributed by atoms with E-state index in [1.807, 2.05) is 34.9 Å². The minimum absolute atomic E-state index is 0.0763. The van der Waals surface area contributed by atoms with Crippen LogP contribution in [0.5, 0.6) is 0 Å². The molecule has 2 amide bonds. The Morgan fingerprint density at radius 1 is 1.39 bits per heavy atom. The summed E-state index contributed by atoms with van der Waals surface area (Å²) >= 11 is 0. The summed E-state index contributed by atoms with van der Waals surface area (Å²) in [6, 6.07) is 5.36. The molecule has 1 aliphatic heterocycles. The van der Waals surface area contributed by atoms with Crippen molar-refractivity contribution >= 4 is 11.8 Å². The first-order chi connectivity index (χ1) is 11.0. The van der Waals surface area contributed by atoms with E-state index >= 15 is 0 Å². The van der Waals surface area contributed by atoms with Crippen LogP contribution in [0, 0.1) is 5.92 Å². The molecule has 0 spiro atoms. The van der Waals surface area contributed by atoms with Crippen LogP contribution in [0.2, 0.25) is 0 Å². The fourth-order valence-corrected chi connectivity index (χ4v) is 2.74. The first-order valence-electron chi connectivity index (χ1n) is 8.17. The number of pyridine rings is 1. The maximum Gasteiger partial charge on any atom is 0.239 e. The van der Waals surface area contributed by atoms with Gasteiger partial charge in [-0.25, -0.2) is 0 Å². The Balaban J connectivity index is 1.81. The van der Waals surface area contributed by atoms with Crippen molar-refractivity contribution < 1.29 is 9.59 Å². The van der Waals surface area contributed by atoms with Gasteiger partial charge in [0.1, 0.15) is 0 Å². The Hall–Kier alpha value is -1.95. The minimum atomic E-state index is -0.247. The Bertz CT molecular complexity index is 533. The Morgan fingerprint density at radius 3 is 2.83 bits per heavy atom. The highest BCUT2D eigenvalue weighted by atomic mass is 16.2. The van der Waals surface area contributed by atoms with Gasteiger partial charge in [-0.3, -0.25) is 19.5 Å². The van der Waals surface area contributed by atoms with Gasteiger partial charge in [0.25, 0.3) is 0 Å². The van der Waals surface area contributed by atoms with Gasteiger partial charge in [0, 0.05) is 25.8 Å². The first kappa shape index (κ1) is 17.4. The molecule has 1 N–H and O–H groups in total. The van der Waals surface area contributed by atoms with Gasteiger partial charge in [-0.1, -0.05) is 19.9 Å². The molecule has 0 aromatic carbocycles. The van der Waals surface area contributed by atoms with Gasteiger partial charge in [-0.05, 0) is 25.0 Å². The highest BCUT2D eigenvalue weighted by Crippen LogP contribution is 2.12. The standard InChI is InChI=1S/C17H26N4O2/c1-13(2)11-21-9-8-20(14(3)17(21)23)12-16(22)19-10-15-6-4-5-7-18-15/h4-7,13-14H,8-12H2,1-3H3,(H,19,22)/t14-/m1/s1. The zero-order valence-electron chi connectivity index (χ0n) is 14.2. The summed E-state index contributed by atoms with van der Waals surface area (Å²) in [6.07, 6.45) is 1.70. The molecule has 1 saturated heterocycles. The summed E-state index contributed by atoms with van der Waals surface area (Å²) in [7, 11) is 0. The molecule has 6 heteroatoms. The number of nitrogens with zero attached hydrogens (tertiary/aromatic N) is 3. The van der Waals surface area contributed by atoms with Crippen molar-refractivity contribution in [2.45, 2.75) is 33.4 Å². The highest BCUT2D eigenvalue weighted by Gasteiger charge is 2.32. The lowest BCUT2D eigenvalue weighted by Crippen LogP contribution is -2.58. The number of piperazine rings is 1. The third kappa shape index (κ3) is 5.03. The molecule has 1 aromatic rings. The molecule has 2 heterocycles. The fourth-order valence-electron chi connectivity index (χ4n) is 2.74. The van der Waals surface area contributed by atoms with Crippen LogP contribution in [0.3, 0.4) is 0 Å². The van der Waals surface area contributed by atoms with Crippen molar-refractivity contribution in [3.05, 3.63) is 30.1 Å². The third-order valence-corrected chi connectivity index (χ3v) is 4.00. The number of carbonyl (C=O) groups excluding carboxylic acids is 2. The summed E-state index contributed by atoms with van der Waals surface area (Å²) in [5.74, 6) is 0.495. The fraction of sp³-hybridized carbons (Fsp3) is 0.588. The molecule has 0 saturated carbocycles. The lowest BCUT2D eigenvalue weighted by atomic mass is 10.1. The van der Waals surface area contributed by atoms with Gasteiger partial charge in [0.15, 0.2) is 0 Å². The quantitative estimate of drug-likeness (QED) is 0.846. The second kappa shape index (κ2) is 8.06. The average Bonchev–Trinajstić information content (AvgIpc) is 2.53. The van der Waals surface area contributed by atoms with Crippen LogP contribution in [0.15, 0.2) is 24.4 Å². The van der Waals surface area contributed by atoms with Crippen LogP contribution in [0.25, 0.3) is 0 Å². The number of amides is 2. The number of carbonyl (C=O) groups is 2. The summed E-state index contributed by atoms with van der Waals surface area (Å²) in [5, 5.41) is 2.86. The van der Waals surface area contributed by atoms with E-state index in [0.29, 0.717) is 19.0 Å². The molecule has 0 radical (unpaired) electrons. The second-order valence-corrected chi connectivity index (χ2v) is 6.42. The predicted octanol–water partition coefficient (Wildman–Crippen LogP) is 0.886. The van der Waals surface area contributed by atoms with Gasteiger partial charge in [0.05, 0.1) is 24.8 Å². The molecule has 1 aliphatic rings. The number of aromatic nitrogens is 1. The van der Waals surface area contributed by atoms with Crippen molar-refractivity contribution in [1.82, 2.24) is 20.1 Å². The van der Waals surface area contributed by atoms with Gasteiger partial charge >= 0.3 is 0 Å². The molecule has 0 unspecified atom stereocenters. The van der Waals surface area contributed by atoms with E-state index in [2.05, 4.69) is 24.1 Å². The third-order valence-electron chi connectivity index (χ3n) is 4.00. The zero-order chi connectivity index (χ0) is 16.8. The van der Waals surface area contributed by atoms with E-state index in [4.69, 9.17) is 0 Å². The predicted molar refractivity (Wildman–Crippen MR) is 88.5 cm³/mol. The van der Waals surface area contributed by atoms with Crippen molar-refractivity contribution in [3.8, 4) is 0 Å². The number of nitrogens with one attached hydrogen (secondary N) is 1. The molecule has 0 bridgehead atoms. The largest absolute Gasteiger partial charge is 0.349 e. The van der Waals surface area contributed by atoms with Crippen molar-refractivity contribution in [2.24, 2.45) is 5.92 Å². The van der Waals surface area contributed by atoms with Gasteiger partial charge in [-0.2, -0.15) is 0 Å². The number of rotatable bonds is 6. The molecule has 23 heavy (non-hydrogen) atoms. The van der Waals surface area contributed by atoms with Crippen LogP contribution in [-0.4, -0.2) is 58.8 Å². The van der Waals surface area contributed by atoms with Crippen molar-refractivity contribution in [3.63, 3.8) is 0 Å². The Morgan fingerprint density at radius 2 is 2.17 bits per heavy atom. The molecule has 2 rings (SSSR count). The van der Waals surface area contributed by atoms with E-state index < -0.39 is 0 Å². The van der Waals surface area contributed by atoms with Crippen LogP contribution in [-0.2, 0) is 16.1 Å². The van der Waals surface area contributed by atoms with E-state index in [1.54, 1.807) is 6.20 Å². The number of hydrogen-bond acceptors (Lipinski definition) is 4. The van der Waals surface area contributed by atoms with Crippen LogP contribution < -0.4 is 5.32 Å². The first-order valence-corrected chi connectivity index (χ1v) is 8.17. The van der Waals surface area contributed by atoms with Crippen LogP contribution in [0.1, 0.15) is 26.5 Å². The van der Waals surface area contributed by atoms with Crippen molar-refractivity contribution in [2.75, 3.05) is 26.2 Å². The molecule has 1 aromatic heterocycles. The van der Waals surface area contributed by atoms with Crippen molar-refractivity contribution in [1.29, 1.82) is 0 Å². The maximum atomic E-state index is 12.4. The molecular formula is C17H26N4O2. The minimum Gasteiger partial charge on any atom is -0.349 e. The lowest BCUT2D eigenvalue weighted by Gasteiger charge is -2.39. The Labute approximate surface area is 137 Å². The normalized spacial score (nSPS) is 19.2.